The van der Waals surface area contributed by atoms with E-state index in [2.05, 4.69) is 10.2 Å². The van der Waals surface area contributed by atoms with Crippen molar-refractivity contribution in [3.63, 3.8) is 0 Å². The smallest absolute Gasteiger partial charge is 0.369 e. The molecule has 21 heavy (non-hydrogen) atoms. The summed E-state index contributed by atoms with van der Waals surface area (Å²) in [4.78, 5) is 2.99. The van der Waals surface area contributed by atoms with Gasteiger partial charge in [0.05, 0.1) is 13.2 Å². The molecule has 0 aromatic carbocycles. The van der Waals surface area contributed by atoms with Crippen LogP contribution in [0.4, 0.5) is 19.0 Å². The number of nitrogens with zero attached hydrogens (tertiary/aromatic N) is 3. The highest BCUT2D eigenvalue weighted by molar-refractivity contribution is 7.10. The molecule has 1 fully saturated rings. The molecule has 1 atom stereocenters. The monoisotopic (exact) mass is 315 g/mol. The van der Waals surface area contributed by atoms with Gasteiger partial charge in [0.2, 0.25) is 0 Å². The number of alkyl halides is 3. The third kappa shape index (κ3) is 3.16. The molecule has 2 aromatic heterocycles. The van der Waals surface area contributed by atoms with E-state index in [0.29, 0.717) is 25.5 Å². The third-order valence-corrected chi connectivity index (χ3v) is 4.16. The molecule has 1 unspecified atom stereocenters. The zero-order valence-corrected chi connectivity index (χ0v) is 11.7. The van der Waals surface area contributed by atoms with Gasteiger partial charge in [0, 0.05) is 11.4 Å². The molecule has 3 heterocycles. The van der Waals surface area contributed by atoms with Crippen molar-refractivity contribution in [1.29, 1.82) is 0 Å². The van der Waals surface area contributed by atoms with Gasteiger partial charge >= 0.3 is 6.18 Å². The van der Waals surface area contributed by atoms with Crippen LogP contribution in [0.25, 0.3) is 0 Å². The van der Waals surface area contributed by atoms with Crippen LogP contribution in [0.2, 0.25) is 0 Å². The summed E-state index contributed by atoms with van der Waals surface area (Å²) in [5, 5.41) is 8.91. The first-order valence-corrected chi connectivity index (χ1v) is 7.23. The lowest BCUT2D eigenvalue weighted by molar-refractivity contribution is -0.141. The van der Waals surface area contributed by atoms with Crippen molar-refractivity contribution in [3.05, 3.63) is 40.2 Å². The Kier molecular flexibility index (Phi) is 3.81. The van der Waals surface area contributed by atoms with E-state index in [0.717, 1.165) is 10.9 Å². The molecule has 4 nitrogen and oxygen atoms in total. The summed E-state index contributed by atoms with van der Waals surface area (Å²) in [5.74, 6) is 0.438. The Bertz CT molecular complexity index is 586. The van der Waals surface area contributed by atoms with Crippen LogP contribution in [0, 0.1) is 0 Å². The zero-order chi connectivity index (χ0) is 14.9. The standard InChI is InChI=1S/C13H12F3N3OS/c14-13(15,16)11-3-4-12(18-17-11)19-5-6-20-9(8-19)10-2-1-7-21-10/h1-4,7,9H,5-6,8H2. The van der Waals surface area contributed by atoms with Crippen molar-refractivity contribution in [2.24, 2.45) is 0 Å². The van der Waals surface area contributed by atoms with Gasteiger partial charge < -0.3 is 9.64 Å². The minimum atomic E-state index is -4.46. The lowest BCUT2D eigenvalue weighted by Gasteiger charge is -2.33. The first-order valence-electron chi connectivity index (χ1n) is 6.35. The van der Waals surface area contributed by atoms with Gasteiger partial charge in [-0.25, -0.2) is 0 Å². The number of halogens is 3. The minimum Gasteiger partial charge on any atom is -0.369 e. The molecule has 112 valence electrons. The number of hydrogen-bond acceptors (Lipinski definition) is 5. The van der Waals surface area contributed by atoms with Crippen LogP contribution >= 0.6 is 11.3 Å². The Morgan fingerprint density at radius 2 is 2.10 bits per heavy atom. The topological polar surface area (TPSA) is 38.2 Å². The summed E-state index contributed by atoms with van der Waals surface area (Å²) in [5.41, 5.74) is -0.977. The van der Waals surface area contributed by atoms with E-state index in [1.165, 1.54) is 6.07 Å². The summed E-state index contributed by atoms with van der Waals surface area (Å²) in [6.07, 6.45) is -4.54. The highest BCUT2D eigenvalue weighted by Gasteiger charge is 2.33. The fourth-order valence-electron chi connectivity index (χ4n) is 2.15. The van der Waals surface area contributed by atoms with Gasteiger partial charge in [-0.1, -0.05) is 6.07 Å². The SMILES string of the molecule is FC(F)(F)c1ccc(N2CCOC(c3cccs3)C2)nn1. The second-order valence-corrected chi connectivity index (χ2v) is 5.57. The van der Waals surface area contributed by atoms with Gasteiger partial charge in [0.1, 0.15) is 6.10 Å². The molecule has 2 aromatic rings. The van der Waals surface area contributed by atoms with Crippen LogP contribution in [0.5, 0.6) is 0 Å². The second-order valence-electron chi connectivity index (χ2n) is 4.60. The van der Waals surface area contributed by atoms with Crippen molar-refractivity contribution in [3.8, 4) is 0 Å². The van der Waals surface area contributed by atoms with Crippen LogP contribution in [0.15, 0.2) is 29.6 Å². The Morgan fingerprint density at radius 1 is 1.24 bits per heavy atom. The molecule has 0 radical (unpaired) electrons. The summed E-state index contributed by atoms with van der Waals surface area (Å²) in [6, 6.07) is 6.24. The number of anilines is 1. The highest BCUT2D eigenvalue weighted by atomic mass is 32.1. The number of thiophene rings is 1. The molecule has 1 aliphatic rings. The zero-order valence-electron chi connectivity index (χ0n) is 10.9. The summed E-state index contributed by atoms with van der Waals surface area (Å²) >= 11 is 1.60. The second kappa shape index (κ2) is 5.61. The first kappa shape index (κ1) is 14.3. The van der Waals surface area contributed by atoms with Crippen molar-refractivity contribution >= 4 is 17.2 Å². The van der Waals surface area contributed by atoms with E-state index in [4.69, 9.17) is 4.74 Å². The fourth-order valence-corrected chi connectivity index (χ4v) is 2.91. The predicted octanol–water partition coefficient (Wildman–Crippen LogP) is 3.13. The molecule has 3 rings (SSSR count). The fraction of sp³-hybridized carbons (Fsp3) is 0.385. The van der Waals surface area contributed by atoms with Gasteiger partial charge in [0.25, 0.3) is 0 Å². The molecule has 1 aliphatic heterocycles. The Morgan fingerprint density at radius 3 is 2.71 bits per heavy atom. The van der Waals surface area contributed by atoms with Crippen molar-refractivity contribution in [2.45, 2.75) is 12.3 Å². The first-order chi connectivity index (χ1) is 10.0. The molecule has 0 bridgehead atoms. The molecule has 0 saturated carbocycles. The number of ether oxygens (including phenoxy) is 1. The van der Waals surface area contributed by atoms with Crippen LogP contribution in [0.1, 0.15) is 16.7 Å². The molecule has 0 spiro atoms. The maximum absolute atomic E-state index is 12.5. The molecule has 8 heteroatoms. The van der Waals surface area contributed by atoms with E-state index in [9.17, 15) is 13.2 Å². The van der Waals surface area contributed by atoms with Crippen molar-refractivity contribution in [1.82, 2.24) is 10.2 Å². The molecule has 0 N–H and O–H groups in total. The van der Waals surface area contributed by atoms with Crippen LogP contribution in [-0.4, -0.2) is 29.9 Å². The van der Waals surface area contributed by atoms with E-state index in [-0.39, 0.29) is 6.10 Å². The number of morpholine rings is 1. The van der Waals surface area contributed by atoms with Crippen LogP contribution in [-0.2, 0) is 10.9 Å². The summed E-state index contributed by atoms with van der Waals surface area (Å²) in [7, 11) is 0. The minimum absolute atomic E-state index is 0.0807. The predicted molar refractivity (Wildman–Crippen MR) is 72.3 cm³/mol. The lowest BCUT2D eigenvalue weighted by atomic mass is 10.2. The van der Waals surface area contributed by atoms with Crippen LogP contribution in [0.3, 0.4) is 0 Å². The van der Waals surface area contributed by atoms with E-state index >= 15 is 0 Å². The Hall–Kier alpha value is -1.67. The van der Waals surface area contributed by atoms with Gasteiger partial charge in [-0.2, -0.15) is 13.2 Å². The number of rotatable bonds is 2. The van der Waals surface area contributed by atoms with Gasteiger partial charge in [0.15, 0.2) is 11.5 Å². The molecule has 0 aliphatic carbocycles. The van der Waals surface area contributed by atoms with E-state index < -0.39 is 11.9 Å². The number of aromatic nitrogens is 2. The van der Waals surface area contributed by atoms with Crippen molar-refractivity contribution < 1.29 is 17.9 Å². The lowest BCUT2D eigenvalue weighted by Crippen LogP contribution is -2.38. The summed E-state index contributed by atoms with van der Waals surface area (Å²) in [6.45, 7) is 1.65. The largest absolute Gasteiger partial charge is 0.435 e. The molecular formula is C13H12F3N3OS. The number of hydrogen-bond donors (Lipinski definition) is 0. The average Bonchev–Trinajstić information content (AvgIpc) is 3.01. The maximum atomic E-state index is 12.5. The Balaban J connectivity index is 1.74. The van der Waals surface area contributed by atoms with E-state index in [1.54, 1.807) is 11.3 Å². The highest BCUT2D eigenvalue weighted by Crippen LogP contribution is 2.30. The molecule has 1 saturated heterocycles. The average molecular weight is 315 g/mol. The quantitative estimate of drug-likeness (QED) is 0.853. The van der Waals surface area contributed by atoms with Crippen LogP contribution < -0.4 is 4.90 Å². The normalized spacial score (nSPS) is 19.8. The van der Waals surface area contributed by atoms with E-state index in [1.807, 2.05) is 22.4 Å². The maximum Gasteiger partial charge on any atom is 0.435 e. The Labute approximate surface area is 123 Å². The molecular weight excluding hydrogens is 303 g/mol. The van der Waals surface area contributed by atoms with Crippen molar-refractivity contribution in [2.75, 3.05) is 24.6 Å². The van der Waals surface area contributed by atoms with Gasteiger partial charge in [-0.15, -0.1) is 21.5 Å². The third-order valence-electron chi connectivity index (χ3n) is 3.19. The summed E-state index contributed by atoms with van der Waals surface area (Å²) < 4.78 is 43.1. The molecule has 0 amide bonds. The van der Waals surface area contributed by atoms with Gasteiger partial charge in [-0.05, 0) is 23.6 Å². The van der Waals surface area contributed by atoms with Gasteiger partial charge in [-0.3, -0.25) is 0 Å².